The zero-order chi connectivity index (χ0) is 17.8. The molecule has 0 aliphatic rings. The third kappa shape index (κ3) is 12.0. The summed E-state index contributed by atoms with van der Waals surface area (Å²) >= 11 is 0. The van der Waals surface area contributed by atoms with Crippen LogP contribution < -0.4 is 15.4 Å². The van der Waals surface area contributed by atoms with Crippen LogP contribution in [0.3, 0.4) is 0 Å². The van der Waals surface area contributed by atoms with E-state index in [4.69, 9.17) is 9.47 Å². The summed E-state index contributed by atoms with van der Waals surface area (Å²) in [5.41, 5.74) is 1.21. The number of rotatable bonds is 10. The van der Waals surface area contributed by atoms with Crippen LogP contribution in [-0.2, 0) is 21.0 Å². The maximum atomic E-state index is 11.0. The summed E-state index contributed by atoms with van der Waals surface area (Å²) < 4.78 is 32.3. The largest absolute Gasteiger partial charge is 0.497 e. The SMILES string of the molecule is CN=C(NCCOCCS(C)(=O)=O)NCCc1ccc(OC)cc1.I. The normalized spacial score (nSPS) is 11.6. The molecule has 0 spiro atoms. The molecule has 0 radical (unpaired) electrons. The second-order valence-corrected chi connectivity index (χ2v) is 7.53. The van der Waals surface area contributed by atoms with Gasteiger partial charge in [-0.1, -0.05) is 12.1 Å². The lowest BCUT2D eigenvalue weighted by atomic mass is 10.1. The van der Waals surface area contributed by atoms with Crippen molar-refractivity contribution in [2.24, 2.45) is 4.99 Å². The van der Waals surface area contributed by atoms with Gasteiger partial charge in [0.2, 0.25) is 0 Å². The van der Waals surface area contributed by atoms with Crippen LogP contribution in [0.15, 0.2) is 29.3 Å². The third-order valence-electron chi connectivity index (χ3n) is 3.23. The number of sulfone groups is 1. The molecular formula is C16H28IN3O4S. The number of nitrogens with zero attached hydrogens (tertiary/aromatic N) is 1. The molecule has 2 N–H and O–H groups in total. The Morgan fingerprint density at radius 2 is 1.76 bits per heavy atom. The Balaban J connectivity index is 0.00000576. The molecule has 0 heterocycles. The molecule has 0 aromatic heterocycles. The lowest BCUT2D eigenvalue weighted by Crippen LogP contribution is -2.39. The van der Waals surface area contributed by atoms with Crippen molar-refractivity contribution in [2.75, 3.05) is 52.5 Å². The van der Waals surface area contributed by atoms with Gasteiger partial charge < -0.3 is 20.1 Å². The van der Waals surface area contributed by atoms with E-state index in [1.54, 1.807) is 14.2 Å². The molecule has 0 saturated carbocycles. The van der Waals surface area contributed by atoms with Crippen molar-refractivity contribution in [3.8, 4) is 5.75 Å². The van der Waals surface area contributed by atoms with E-state index < -0.39 is 9.84 Å². The van der Waals surface area contributed by atoms with E-state index in [0.29, 0.717) is 19.1 Å². The first-order valence-electron chi connectivity index (χ1n) is 7.77. The van der Waals surface area contributed by atoms with E-state index in [-0.39, 0.29) is 36.3 Å². The maximum absolute atomic E-state index is 11.0. The van der Waals surface area contributed by atoms with Crippen molar-refractivity contribution < 1.29 is 17.9 Å². The summed E-state index contributed by atoms with van der Waals surface area (Å²) in [5.74, 6) is 1.58. The van der Waals surface area contributed by atoms with Crippen LogP contribution in [0, 0.1) is 0 Å². The van der Waals surface area contributed by atoms with E-state index in [2.05, 4.69) is 15.6 Å². The molecule has 1 rings (SSSR count). The summed E-state index contributed by atoms with van der Waals surface area (Å²) in [4.78, 5) is 4.13. The second kappa shape index (κ2) is 13.2. The highest BCUT2D eigenvalue weighted by Gasteiger charge is 2.02. The smallest absolute Gasteiger partial charge is 0.191 e. The molecule has 0 bridgehead atoms. The number of methoxy groups -OCH3 is 1. The van der Waals surface area contributed by atoms with Gasteiger partial charge in [-0.15, -0.1) is 24.0 Å². The van der Waals surface area contributed by atoms with Gasteiger partial charge in [0.1, 0.15) is 15.6 Å². The van der Waals surface area contributed by atoms with E-state index in [9.17, 15) is 8.42 Å². The average Bonchev–Trinajstić information content (AvgIpc) is 2.56. The highest BCUT2D eigenvalue weighted by atomic mass is 127. The summed E-state index contributed by atoms with van der Waals surface area (Å²) in [5, 5.41) is 6.33. The molecule has 0 aliphatic heterocycles. The minimum atomic E-state index is -2.96. The van der Waals surface area contributed by atoms with Gasteiger partial charge in [-0.2, -0.15) is 0 Å². The zero-order valence-electron chi connectivity index (χ0n) is 14.9. The monoisotopic (exact) mass is 485 g/mol. The van der Waals surface area contributed by atoms with Crippen LogP contribution in [0.1, 0.15) is 5.56 Å². The Labute approximate surface area is 167 Å². The Morgan fingerprint density at radius 1 is 1.12 bits per heavy atom. The first kappa shape index (κ1) is 23.9. The van der Waals surface area contributed by atoms with Crippen molar-refractivity contribution in [3.63, 3.8) is 0 Å². The first-order chi connectivity index (χ1) is 11.4. The number of halogens is 1. The van der Waals surface area contributed by atoms with Gasteiger partial charge in [0.25, 0.3) is 0 Å². The highest BCUT2D eigenvalue weighted by Crippen LogP contribution is 2.11. The van der Waals surface area contributed by atoms with Crippen LogP contribution in [0.25, 0.3) is 0 Å². The molecule has 1 aromatic carbocycles. The molecule has 9 heteroatoms. The van der Waals surface area contributed by atoms with Crippen LogP contribution in [0.2, 0.25) is 0 Å². The molecular weight excluding hydrogens is 457 g/mol. The quantitative estimate of drug-likeness (QED) is 0.223. The number of guanidine groups is 1. The number of benzene rings is 1. The fourth-order valence-corrected chi connectivity index (χ4v) is 2.31. The average molecular weight is 485 g/mol. The lowest BCUT2D eigenvalue weighted by molar-refractivity contribution is 0.154. The van der Waals surface area contributed by atoms with E-state index in [0.717, 1.165) is 18.7 Å². The van der Waals surface area contributed by atoms with Crippen LogP contribution in [0.4, 0.5) is 0 Å². The number of nitrogens with one attached hydrogen (secondary N) is 2. The van der Waals surface area contributed by atoms with E-state index >= 15 is 0 Å². The van der Waals surface area contributed by atoms with Gasteiger partial charge in [-0.3, -0.25) is 4.99 Å². The molecule has 0 amide bonds. The van der Waals surface area contributed by atoms with Crippen molar-refractivity contribution in [2.45, 2.75) is 6.42 Å². The molecule has 0 fully saturated rings. The highest BCUT2D eigenvalue weighted by molar-refractivity contribution is 14.0. The number of ether oxygens (including phenoxy) is 2. The molecule has 0 atom stereocenters. The van der Waals surface area contributed by atoms with Gasteiger partial charge in [-0.05, 0) is 24.1 Å². The van der Waals surface area contributed by atoms with E-state index in [1.807, 2.05) is 24.3 Å². The number of hydrogen-bond donors (Lipinski definition) is 2. The van der Waals surface area contributed by atoms with Crippen LogP contribution >= 0.6 is 24.0 Å². The van der Waals surface area contributed by atoms with Crippen LogP contribution in [0.5, 0.6) is 5.75 Å². The Hall–Kier alpha value is -1.07. The number of hydrogen-bond acceptors (Lipinski definition) is 5. The minimum absolute atomic E-state index is 0. The molecule has 0 aliphatic carbocycles. The molecule has 25 heavy (non-hydrogen) atoms. The molecule has 0 unspecified atom stereocenters. The topological polar surface area (TPSA) is 89.0 Å². The first-order valence-corrected chi connectivity index (χ1v) is 9.83. The van der Waals surface area contributed by atoms with Crippen LogP contribution in [-0.4, -0.2) is 66.8 Å². The summed E-state index contributed by atoms with van der Waals surface area (Å²) in [7, 11) is 0.387. The van der Waals surface area contributed by atoms with Crippen molar-refractivity contribution in [3.05, 3.63) is 29.8 Å². The second-order valence-electron chi connectivity index (χ2n) is 5.27. The minimum Gasteiger partial charge on any atom is -0.497 e. The van der Waals surface area contributed by atoms with E-state index in [1.165, 1.54) is 11.8 Å². The zero-order valence-corrected chi connectivity index (χ0v) is 18.1. The number of aliphatic imine (C=N–C) groups is 1. The van der Waals surface area contributed by atoms with Gasteiger partial charge in [0.05, 0.1) is 26.1 Å². The predicted octanol–water partition coefficient (Wildman–Crippen LogP) is 1.08. The standard InChI is InChI=1S/C16H27N3O4S.HI/c1-17-16(19-10-11-23-12-13-24(3,20)21)18-9-8-14-4-6-15(22-2)7-5-14;/h4-7H,8-13H2,1-3H3,(H2,17,18,19);1H. The summed E-state index contributed by atoms with van der Waals surface area (Å²) in [6.45, 7) is 1.95. The fraction of sp³-hybridized carbons (Fsp3) is 0.562. The van der Waals surface area contributed by atoms with Gasteiger partial charge >= 0.3 is 0 Å². The molecule has 144 valence electrons. The van der Waals surface area contributed by atoms with Gasteiger partial charge in [0, 0.05) is 26.4 Å². The van der Waals surface area contributed by atoms with Crippen molar-refractivity contribution in [1.82, 2.24) is 10.6 Å². The summed E-state index contributed by atoms with van der Waals surface area (Å²) in [6.07, 6.45) is 2.07. The van der Waals surface area contributed by atoms with Gasteiger partial charge in [0.15, 0.2) is 5.96 Å². The molecule has 0 saturated heterocycles. The lowest BCUT2D eigenvalue weighted by Gasteiger charge is -2.12. The predicted molar refractivity (Wildman–Crippen MR) is 112 cm³/mol. The van der Waals surface area contributed by atoms with Gasteiger partial charge in [-0.25, -0.2) is 8.42 Å². The Kier molecular flexibility index (Phi) is 12.6. The Morgan fingerprint density at radius 3 is 2.32 bits per heavy atom. The third-order valence-corrected chi connectivity index (χ3v) is 4.13. The fourth-order valence-electron chi connectivity index (χ4n) is 1.89. The Bertz CT molecular complexity index is 606. The van der Waals surface area contributed by atoms with Crippen molar-refractivity contribution in [1.29, 1.82) is 0 Å². The summed E-state index contributed by atoms with van der Waals surface area (Å²) in [6, 6.07) is 7.95. The molecule has 7 nitrogen and oxygen atoms in total. The maximum Gasteiger partial charge on any atom is 0.191 e. The van der Waals surface area contributed by atoms with Crippen molar-refractivity contribution >= 4 is 39.8 Å². The molecule has 1 aromatic rings.